The second-order valence-corrected chi connectivity index (χ2v) is 11.8. The molecule has 0 heterocycles. The maximum absolute atomic E-state index is 13.2. The summed E-state index contributed by atoms with van der Waals surface area (Å²) in [5, 5.41) is 14.7. The van der Waals surface area contributed by atoms with Gasteiger partial charge in [0.05, 0.1) is 12.5 Å². The first kappa shape index (κ1) is 30.6. The highest BCUT2D eigenvalue weighted by Gasteiger charge is 2.35. The topological polar surface area (TPSA) is 149 Å². The summed E-state index contributed by atoms with van der Waals surface area (Å²) in [4.78, 5) is 35.6. The highest BCUT2D eigenvalue weighted by Crippen LogP contribution is 2.43. The lowest BCUT2D eigenvalue weighted by molar-refractivity contribution is -0.149. The molecule has 1 aliphatic carbocycles. The smallest absolute Gasteiger partial charge is 0.407 e. The Balaban J connectivity index is 1.89. The highest BCUT2D eigenvalue weighted by molar-refractivity contribution is 7.57. The first-order valence-electron chi connectivity index (χ1n) is 12.4. The molecule has 2 rings (SSSR count). The highest BCUT2D eigenvalue weighted by atomic mass is 31.2. The van der Waals surface area contributed by atoms with Crippen LogP contribution in [-0.2, 0) is 35.0 Å². The van der Waals surface area contributed by atoms with Gasteiger partial charge in [0.15, 0.2) is 0 Å². The zero-order valence-electron chi connectivity index (χ0n) is 22.0. The number of benzene rings is 1. The maximum atomic E-state index is 13.2. The third-order valence-electron chi connectivity index (χ3n) is 5.99. The lowest BCUT2D eigenvalue weighted by Gasteiger charge is -2.36. The van der Waals surface area contributed by atoms with E-state index in [0.29, 0.717) is 5.56 Å². The zero-order chi connectivity index (χ0) is 27.5. The Morgan fingerprint density at radius 3 is 2.30 bits per heavy atom. The number of carboxylic acid groups (broad SMARTS) is 1. The van der Waals surface area contributed by atoms with E-state index in [1.807, 2.05) is 0 Å². The molecule has 0 aromatic heterocycles. The van der Waals surface area contributed by atoms with Gasteiger partial charge in [0, 0.05) is 13.7 Å². The van der Waals surface area contributed by atoms with Gasteiger partial charge in [0.2, 0.25) is 0 Å². The number of rotatable bonds is 14. The standard InChI is InChI=1S/C25H39N2O9P/c1-18(2)35-23(30)19(3)27-37(32,17-33-4)36-21-10-8-20(9-11-21)15-34-24(31)26-16-25(14-22(28)29)12-6-5-7-13-25/h8-11,18-19H,5-7,12-17H2,1-4H3,(H,26,31)(H,27,32)(H,28,29)/t19-,37?/m0/s1. The number of nitrogens with one attached hydrogen (secondary N) is 2. The molecule has 1 aromatic rings. The molecule has 11 nitrogen and oxygen atoms in total. The molecule has 1 amide bonds. The van der Waals surface area contributed by atoms with E-state index in [9.17, 15) is 24.1 Å². The predicted molar refractivity (Wildman–Crippen MR) is 136 cm³/mol. The van der Waals surface area contributed by atoms with E-state index in [0.717, 1.165) is 32.1 Å². The number of alkyl carbamates (subject to hydrolysis) is 1. The van der Waals surface area contributed by atoms with E-state index in [1.54, 1.807) is 38.1 Å². The number of aliphatic carboxylic acids is 1. The van der Waals surface area contributed by atoms with Crippen LogP contribution in [0.25, 0.3) is 0 Å². The number of esters is 1. The van der Waals surface area contributed by atoms with Gasteiger partial charge in [-0.05, 0) is 56.7 Å². The lowest BCUT2D eigenvalue weighted by Crippen LogP contribution is -2.40. The van der Waals surface area contributed by atoms with Gasteiger partial charge in [0.25, 0.3) is 0 Å². The summed E-state index contributed by atoms with van der Waals surface area (Å²) in [6.45, 7) is 5.22. The summed E-state index contributed by atoms with van der Waals surface area (Å²) < 4.78 is 34.3. The van der Waals surface area contributed by atoms with Crippen LogP contribution in [-0.4, -0.2) is 55.3 Å². The van der Waals surface area contributed by atoms with E-state index in [4.69, 9.17) is 18.7 Å². The van der Waals surface area contributed by atoms with Gasteiger partial charge in [-0.25, -0.2) is 9.88 Å². The molecule has 0 saturated heterocycles. The van der Waals surface area contributed by atoms with Crippen molar-refractivity contribution in [1.29, 1.82) is 0 Å². The first-order chi connectivity index (χ1) is 17.5. The number of carboxylic acids is 1. The van der Waals surface area contributed by atoms with Crippen molar-refractivity contribution in [3.8, 4) is 5.75 Å². The summed E-state index contributed by atoms with van der Waals surface area (Å²) in [6, 6.07) is 5.58. The van der Waals surface area contributed by atoms with Crippen molar-refractivity contribution < 1.29 is 42.8 Å². The minimum Gasteiger partial charge on any atom is -0.481 e. The summed E-state index contributed by atoms with van der Waals surface area (Å²) in [5.41, 5.74) is 0.235. The van der Waals surface area contributed by atoms with Gasteiger partial charge >= 0.3 is 25.6 Å². The molecule has 1 fully saturated rings. The van der Waals surface area contributed by atoms with Crippen LogP contribution in [0.4, 0.5) is 4.79 Å². The average molecular weight is 543 g/mol. The molecule has 0 bridgehead atoms. The van der Waals surface area contributed by atoms with Crippen LogP contribution in [0.5, 0.6) is 5.75 Å². The van der Waals surface area contributed by atoms with Crippen molar-refractivity contribution in [3.63, 3.8) is 0 Å². The number of ether oxygens (including phenoxy) is 3. The van der Waals surface area contributed by atoms with Crippen LogP contribution in [0.2, 0.25) is 0 Å². The third kappa shape index (κ3) is 10.7. The monoisotopic (exact) mass is 542 g/mol. The van der Waals surface area contributed by atoms with E-state index >= 15 is 0 Å². The van der Waals surface area contributed by atoms with E-state index in [1.165, 1.54) is 14.0 Å². The van der Waals surface area contributed by atoms with Crippen molar-refractivity contribution in [1.82, 2.24) is 10.4 Å². The second kappa shape index (κ2) is 14.4. The minimum absolute atomic E-state index is 0.00982. The Labute approximate surface area is 218 Å². The predicted octanol–water partition coefficient (Wildman–Crippen LogP) is 4.44. The van der Waals surface area contributed by atoms with E-state index in [-0.39, 0.29) is 37.8 Å². The molecule has 3 N–H and O–H groups in total. The number of methoxy groups -OCH3 is 1. The molecule has 1 saturated carbocycles. The van der Waals surface area contributed by atoms with Crippen LogP contribution in [0, 0.1) is 5.41 Å². The van der Waals surface area contributed by atoms with Gasteiger partial charge in [0.1, 0.15) is 24.7 Å². The molecule has 0 aliphatic heterocycles. The number of hydrogen-bond acceptors (Lipinski definition) is 8. The Hall–Kier alpha value is -2.62. The van der Waals surface area contributed by atoms with Crippen molar-refractivity contribution in [2.45, 2.75) is 78.0 Å². The SMILES string of the molecule is COCP(=O)(N[C@@H](C)C(=O)OC(C)C)Oc1ccc(COC(=O)NCC2(CC(=O)O)CCCCC2)cc1. The number of amides is 1. The van der Waals surface area contributed by atoms with Gasteiger partial charge < -0.3 is 29.2 Å². The summed E-state index contributed by atoms with van der Waals surface area (Å²) in [7, 11) is -2.22. The summed E-state index contributed by atoms with van der Waals surface area (Å²) >= 11 is 0. The van der Waals surface area contributed by atoms with Gasteiger partial charge in [-0.15, -0.1) is 0 Å². The fourth-order valence-electron chi connectivity index (χ4n) is 4.26. The molecule has 37 heavy (non-hydrogen) atoms. The molecular formula is C25H39N2O9P. The summed E-state index contributed by atoms with van der Waals surface area (Å²) in [6.07, 6.45) is 3.33. The van der Waals surface area contributed by atoms with Gasteiger partial charge in [-0.1, -0.05) is 31.4 Å². The lowest BCUT2D eigenvalue weighted by atomic mass is 9.72. The number of carbonyl (C=O) groups excluding carboxylic acids is 2. The Kier molecular flexibility index (Phi) is 11.9. The molecule has 12 heteroatoms. The van der Waals surface area contributed by atoms with Crippen LogP contribution in [0.3, 0.4) is 0 Å². The normalized spacial score (nSPS) is 17.3. The Morgan fingerprint density at radius 1 is 1.08 bits per heavy atom. The number of hydrogen-bond donors (Lipinski definition) is 3. The average Bonchev–Trinajstić information content (AvgIpc) is 2.82. The van der Waals surface area contributed by atoms with Crippen LogP contribution in [0.1, 0.15) is 64.9 Å². The Bertz CT molecular complexity index is 946. The Morgan fingerprint density at radius 2 is 1.73 bits per heavy atom. The minimum atomic E-state index is -3.59. The van der Waals surface area contributed by atoms with Crippen molar-refractivity contribution in [2.24, 2.45) is 5.41 Å². The van der Waals surface area contributed by atoms with E-state index in [2.05, 4.69) is 10.4 Å². The van der Waals surface area contributed by atoms with Crippen LogP contribution in [0.15, 0.2) is 24.3 Å². The molecule has 2 atom stereocenters. The zero-order valence-corrected chi connectivity index (χ0v) is 22.9. The van der Waals surface area contributed by atoms with Crippen molar-refractivity contribution >= 4 is 25.6 Å². The van der Waals surface area contributed by atoms with Crippen LogP contribution >= 0.6 is 7.52 Å². The second-order valence-electron chi connectivity index (χ2n) is 9.72. The quantitative estimate of drug-likeness (QED) is 0.227. The fourth-order valence-corrected chi connectivity index (χ4v) is 5.93. The fraction of sp³-hybridized carbons (Fsp3) is 0.640. The van der Waals surface area contributed by atoms with Gasteiger partial charge in [-0.2, -0.15) is 0 Å². The molecule has 1 aromatic carbocycles. The molecular weight excluding hydrogens is 503 g/mol. The largest absolute Gasteiger partial charge is 0.481 e. The maximum Gasteiger partial charge on any atom is 0.407 e. The number of carbonyl (C=O) groups is 3. The van der Waals surface area contributed by atoms with Crippen LogP contribution < -0.4 is 14.9 Å². The van der Waals surface area contributed by atoms with E-state index < -0.39 is 37.0 Å². The van der Waals surface area contributed by atoms with Crippen molar-refractivity contribution in [3.05, 3.63) is 29.8 Å². The summed E-state index contributed by atoms with van der Waals surface area (Å²) in [5.74, 6) is -1.15. The molecule has 1 unspecified atom stereocenters. The van der Waals surface area contributed by atoms with Gasteiger partial charge in [-0.3, -0.25) is 14.2 Å². The molecule has 208 valence electrons. The van der Waals surface area contributed by atoms with Crippen molar-refractivity contribution in [2.75, 3.05) is 20.0 Å². The third-order valence-corrected chi connectivity index (χ3v) is 7.87. The molecule has 0 spiro atoms. The molecule has 0 radical (unpaired) electrons. The molecule has 1 aliphatic rings. The first-order valence-corrected chi connectivity index (χ1v) is 14.2.